The zero-order valence-corrected chi connectivity index (χ0v) is 16.2. The highest BCUT2D eigenvalue weighted by Crippen LogP contribution is 2.38. The highest BCUT2D eigenvalue weighted by atomic mass is 16.7. The summed E-state index contributed by atoms with van der Waals surface area (Å²) in [5.41, 5.74) is 0.944. The summed E-state index contributed by atoms with van der Waals surface area (Å²) < 4.78 is 26.9. The highest BCUT2D eigenvalue weighted by Gasteiger charge is 2.29. The molecule has 0 amide bonds. The molecule has 0 aliphatic carbocycles. The zero-order chi connectivity index (χ0) is 20.3. The Labute approximate surface area is 163 Å². The number of carbonyl (C=O) groups is 2. The molecule has 0 bridgehead atoms. The molecule has 3 rings (SSSR count). The Hall–Kier alpha value is -3.22. The number of methoxy groups -OCH3 is 2. The quantitative estimate of drug-likeness (QED) is 0.673. The maximum atomic E-state index is 12.8. The van der Waals surface area contributed by atoms with Crippen molar-refractivity contribution in [3.8, 4) is 23.0 Å². The van der Waals surface area contributed by atoms with Crippen LogP contribution < -0.4 is 18.9 Å². The predicted molar refractivity (Wildman–Crippen MR) is 100 cm³/mol. The fourth-order valence-corrected chi connectivity index (χ4v) is 2.91. The van der Waals surface area contributed by atoms with Gasteiger partial charge in [0.2, 0.25) is 6.79 Å². The van der Waals surface area contributed by atoms with Crippen molar-refractivity contribution in [2.45, 2.75) is 20.0 Å². The van der Waals surface area contributed by atoms with Gasteiger partial charge >= 0.3 is 5.97 Å². The van der Waals surface area contributed by atoms with E-state index in [1.54, 1.807) is 37.3 Å². The van der Waals surface area contributed by atoms with Crippen LogP contribution in [0.1, 0.15) is 35.9 Å². The lowest BCUT2D eigenvalue weighted by molar-refractivity contribution is -0.123. The molecule has 0 unspecified atom stereocenters. The summed E-state index contributed by atoms with van der Waals surface area (Å²) in [6, 6.07) is 9.98. The average Bonchev–Trinajstić information content (AvgIpc) is 3.18. The minimum Gasteiger partial charge on any atom is -0.493 e. The van der Waals surface area contributed by atoms with Crippen LogP contribution in [0.2, 0.25) is 0 Å². The number of ketones is 1. The minimum atomic E-state index is -0.771. The molecule has 1 heterocycles. The van der Waals surface area contributed by atoms with E-state index in [4.69, 9.17) is 23.7 Å². The van der Waals surface area contributed by atoms with Gasteiger partial charge in [0, 0.05) is 0 Å². The monoisotopic (exact) mass is 386 g/mol. The van der Waals surface area contributed by atoms with Gasteiger partial charge in [-0.15, -0.1) is 0 Å². The number of hydrogen-bond acceptors (Lipinski definition) is 7. The summed E-state index contributed by atoms with van der Waals surface area (Å²) in [5.74, 6) is 0.883. The van der Waals surface area contributed by atoms with Crippen LogP contribution in [0.5, 0.6) is 23.0 Å². The molecule has 0 spiro atoms. The van der Waals surface area contributed by atoms with E-state index < -0.39 is 18.0 Å². The number of esters is 1. The molecule has 28 heavy (non-hydrogen) atoms. The van der Waals surface area contributed by atoms with Gasteiger partial charge in [-0.1, -0.05) is 13.0 Å². The molecule has 7 nitrogen and oxygen atoms in total. The van der Waals surface area contributed by atoms with Gasteiger partial charge in [-0.05, 0) is 42.8 Å². The lowest BCUT2D eigenvalue weighted by Crippen LogP contribution is -2.23. The van der Waals surface area contributed by atoms with Crippen LogP contribution in [0.4, 0.5) is 0 Å². The smallest absolute Gasteiger partial charge is 0.338 e. The van der Waals surface area contributed by atoms with Crippen molar-refractivity contribution in [1.29, 1.82) is 0 Å². The van der Waals surface area contributed by atoms with Gasteiger partial charge in [-0.2, -0.15) is 0 Å². The van der Waals surface area contributed by atoms with Gasteiger partial charge in [0.15, 0.2) is 23.0 Å². The molecule has 148 valence electrons. The van der Waals surface area contributed by atoms with Gasteiger partial charge < -0.3 is 23.7 Å². The molecule has 0 saturated heterocycles. The topological polar surface area (TPSA) is 80.3 Å². The fraction of sp³-hybridized carbons (Fsp3) is 0.333. The molecular formula is C21H22O7. The second-order valence-corrected chi connectivity index (χ2v) is 6.41. The van der Waals surface area contributed by atoms with Crippen LogP contribution in [0.25, 0.3) is 0 Å². The van der Waals surface area contributed by atoms with Crippen molar-refractivity contribution in [3.63, 3.8) is 0 Å². The van der Waals surface area contributed by atoms with Gasteiger partial charge in [0.1, 0.15) is 11.9 Å². The molecule has 2 aromatic rings. The van der Waals surface area contributed by atoms with Crippen LogP contribution in [0.3, 0.4) is 0 Å². The lowest BCUT2D eigenvalue weighted by Gasteiger charge is -2.23. The molecule has 0 N–H and O–H groups in total. The number of benzene rings is 2. The number of hydrogen-bond donors (Lipinski definition) is 0. The number of Topliss-reactive ketones (excluding diaryl/α,β-unsaturated/α-hetero) is 1. The summed E-state index contributed by atoms with van der Waals surface area (Å²) in [6.07, 6.45) is -0.771. The van der Waals surface area contributed by atoms with Gasteiger partial charge in [-0.25, -0.2) is 4.79 Å². The molecule has 0 fully saturated rings. The highest BCUT2D eigenvalue weighted by molar-refractivity contribution is 5.91. The van der Waals surface area contributed by atoms with Crippen molar-refractivity contribution in [3.05, 3.63) is 47.5 Å². The predicted octanol–water partition coefficient (Wildman–Crippen LogP) is 3.56. The third-order valence-corrected chi connectivity index (χ3v) is 4.67. The van der Waals surface area contributed by atoms with E-state index in [-0.39, 0.29) is 12.6 Å². The Morgan fingerprint density at radius 2 is 1.68 bits per heavy atom. The third kappa shape index (κ3) is 3.88. The first-order valence-corrected chi connectivity index (χ1v) is 8.77. The van der Waals surface area contributed by atoms with E-state index in [0.29, 0.717) is 34.1 Å². The number of fused-ring (bicyclic) bond motifs is 1. The molecular weight excluding hydrogens is 364 g/mol. The first-order chi connectivity index (χ1) is 13.4. The maximum absolute atomic E-state index is 12.8. The molecule has 2 aromatic carbocycles. The maximum Gasteiger partial charge on any atom is 0.338 e. The largest absolute Gasteiger partial charge is 0.493 e. The Kier molecular flexibility index (Phi) is 5.73. The van der Waals surface area contributed by atoms with Crippen LogP contribution in [0.15, 0.2) is 36.4 Å². The van der Waals surface area contributed by atoms with Crippen LogP contribution in [0, 0.1) is 5.92 Å². The van der Waals surface area contributed by atoms with E-state index in [1.807, 2.05) is 0 Å². The zero-order valence-electron chi connectivity index (χ0n) is 16.2. The summed E-state index contributed by atoms with van der Waals surface area (Å²) >= 11 is 0. The van der Waals surface area contributed by atoms with Crippen LogP contribution in [-0.2, 0) is 9.53 Å². The molecule has 2 atom stereocenters. The Morgan fingerprint density at radius 3 is 2.36 bits per heavy atom. The Bertz CT molecular complexity index is 890. The molecule has 7 heteroatoms. The summed E-state index contributed by atoms with van der Waals surface area (Å²) in [6.45, 7) is 3.32. The SMILES string of the molecule is COc1ccc(C(=O)O[C@@H](c2ccc3c(c2)OCO3)[C@H](C)C(C)=O)cc1OC. The van der Waals surface area contributed by atoms with Crippen LogP contribution >= 0.6 is 0 Å². The summed E-state index contributed by atoms with van der Waals surface area (Å²) in [7, 11) is 3.00. The summed E-state index contributed by atoms with van der Waals surface area (Å²) in [5, 5.41) is 0. The molecule has 0 aromatic heterocycles. The normalized spacial score (nSPS) is 14.1. The lowest BCUT2D eigenvalue weighted by atomic mass is 9.93. The van der Waals surface area contributed by atoms with E-state index >= 15 is 0 Å². The van der Waals surface area contributed by atoms with E-state index in [1.165, 1.54) is 27.2 Å². The van der Waals surface area contributed by atoms with E-state index in [9.17, 15) is 9.59 Å². The molecule has 0 saturated carbocycles. The Balaban J connectivity index is 1.89. The van der Waals surface area contributed by atoms with Crippen LogP contribution in [-0.4, -0.2) is 32.8 Å². The molecule has 0 radical (unpaired) electrons. The number of carbonyl (C=O) groups excluding carboxylic acids is 2. The van der Waals surface area contributed by atoms with Crippen molar-refractivity contribution in [2.24, 2.45) is 5.92 Å². The number of rotatable bonds is 7. The van der Waals surface area contributed by atoms with Crippen molar-refractivity contribution >= 4 is 11.8 Å². The first-order valence-electron chi connectivity index (χ1n) is 8.77. The summed E-state index contributed by atoms with van der Waals surface area (Å²) in [4.78, 5) is 24.8. The van der Waals surface area contributed by atoms with Gasteiger partial charge in [-0.3, -0.25) is 4.79 Å². The van der Waals surface area contributed by atoms with Crippen molar-refractivity contribution < 1.29 is 33.3 Å². The number of ether oxygens (including phenoxy) is 5. The standard InChI is InChI=1S/C21H22O7/c1-12(13(2)22)20(14-5-8-17-19(9-14)27-11-26-17)28-21(23)15-6-7-16(24-3)18(10-15)25-4/h5-10,12,20H,11H2,1-4H3/t12-,20-/m1/s1. The molecule has 1 aliphatic rings. The van der Waals surface area contributed by atoms with Crippen molar-refractivity contribution in [1.82, 2.24) is 0 Å². The first kappa shape index (κ1) is 19.5. The van der Waals surface area contributed by atoms with Crippen molar-refractivity contribution in [2.75, 3.05) is 21.0 Å². The minimum absolute atomic E-state index is 0.0946. The Morgan fingerprint density at radius 1 is 0.964 bits per heavy atom. The van der Waals surface area contributed by atoms with E-state index in [0.717, 1.165) is 0 Å². The second-order valence-electron chi connectivity index (χ2n) is 6.41. The van der Waals surface area contributed by atoms with Gasteiger partial charge in [0.25, 0.3) is 0 Å². The van der Waals surface area contributed by atoms with Gasteiger partial charge in [0.05, 0.1) is 25.7 Å². The third-order valence-electron chi connectivity index (χ3n) is 4.67. The molecule has 1 aliphatic heterocycles. The average molecular weight is 386 g/mol. The fourth-order valence-electron chi connectivity index (χ4n) is 2.91. The second kappa shape index (κ2) is 8.21. The van der Waals surface area contributed by atoms with E-state index in [2.05, 4.69) is 0 Å².